The lowest BCUT2D eigenvalue weighted by Gasteiger charge is -2.19. The van der Waals surface area contributed by atoms with Crippen LogP contribution >= 0.6 is 0 Å². The fourth-order valence-corrected chi connectivity index (χ4v) is 3.34. The Morgan fingerprint density at radius 2 is 1.96 bits per heavy atom. The van der Waals surface area contributed by atoms with Crippen molar-refractivity contribution >= 4 is 22.8 Å². The van der Waals surface area contributed by atoms with Crippen LogP contribution in [-0.4, -0.2) is 33.4 Å². The summed E-state index contributed by atoms with van der Waals surface area (Å²) in [6.07, 6.45) is 0.815. The van der Waals surface area contributed by atoms with Crippen LogP contribution in [0.25, 0.3) is 22.3 Å². The van der Waals surface area contributed by atoms with E-state index in [0.29, 0.717) is 18.5 Å². The molecule has 1 aliphatic heterocycles. The third-order valence-electron chi connectivity index (χ3n) is 5.33. The van der Waals surface area contributed by atoms with E-state index >= 15 is 0 Å². The van der Waals surface area contributed by atoms with Gasteiger partial charge in [0.25, 0.3) is 5.91 Å². The van der Waals surface area contributed by atoms with Gasteiger partial charge in [0, 0.05) is 36.0 Å². The number of carbonyl (C=O) groups is 1. The van der Waals surface area contributed by atoms with Crippen molar-refractivity contribution in [3.63, 3.8) is 0 Å². The number of hydrogen-bond donors (Lipinski definition) is 3. The number of benzene rings is 1. The number of rotatable bonds is 4. The highest BCUT2D eigenvalue weighted by Gasteiger charge is 2.21. The maximum atomic E-state index is 12.1. The smallest absolute Gasteiger partial charge is 0.253 e. The van der Waals surface area contributed by atoms with Gasteiger partial charge in [-0.2, -0.15) is 0 Å². The second-order valence-corrected chi connectivity index (χ2v) is 7.59. The van der Waals surface area contributed by atoms with Crippen LogP contribution in [0.1, 0.15) is 42.5 Å². The Kier molecular flexibility index (Phi) is 4.34. The highest BCUT2D eigenvalue weighted by Crippen LogP contribution is 2.30. The molecular formula is C21H25N5O. The molecule has 6 heteroatoms. The van der Waals surface area contributed by atoms with E-state index in [9.17, 15) is 4.79 Å². The number of aromatic amines is 1. The van der Waals surface area contributed by atoms with Gasteiger partial charge in [0.1, 0.15) is 11.3 Å². The van der Waals surface area contributed by atoms with Crippen molar-refractivity contribution in [2.45, 2.75) is 40.2 Å². The summed E-state index contributed by atoms with van der Waals surface area (Å²) in [6.45, 7) is 9.16. The third kappa shape index (κ3) is 3.16. The van der Waals surface area contributed by atoms with Crippen molar-refractivity contribution in [3.05, 3.63) is 41.2 Å². The van der Waals surface area contributed by atoms with Crippen LogP contribution in [0.5, 0.6) is 0 Å². The largest absolute Gasteiger partial charge is 0.366 e. The standard InChI is InChI=1S/C21H25N5O/c1-11(2)12(3)24-20-13(4)23-17-7-5-6-14(19(17)26-20)18-10-15-16(25-18)8-9-22-21(15)27/h5-7,10-12,25H,8-9H2,1-4H3,(H,22,27)(H,24,26). The van der Waals surface area contributed by atoms with Crippen LogP contribution < -0.4 is 10.6 Å². The lowest BCUT2D eigenvalue weighted by atomic mass is 10.1. The lowest BCUT2D eigenvalue weighted by Crippen LogP contribution is -2.31. The SMILES string of the molecule is Cc1nc2cccc(-c3cc4c([nH]3)CCNC4=O)c2nc1NC(C)C(C)C. The molecule has 0 spiro atoms. The molecule has 1 aliphatic rings. The van der Waals surface area contributed by atoms with Crippen molar-refractivity contribution in [1.29, 1.82) is 0 Å². The Morgan fingerprint density at radius 1 is 1.15 bits per heavy atom. The number of para-hydroxylation sites is 1. The van der Waals surface area contributed by atoms with E-state index in [2.05, 4.69) is 36.4 Å². The van der Waals surface area contributed by atoms with Crippen LogP contribution in [0.15, 0.2) is 24.3 Å². The van der Waals surface area contributed by atoms with Crippen LogP contribution in [0.2, 0.25) is 0 Å². The normalized spacial score (nSPS) is 14.9. The second kappa shape index (κ2) is 6.68. The molecule has 0 radical (unpaired) electrons. The number of amides is 1. The topological polar surface area (TPSA) is 82.7 Å². The summed E-state index contributed by atoms with van der Waals surface area (Å²) in [4.78, 5) is 25.2. The average Bonchev–Trinajstić information content (AvgIpc) is 3.07. The number of nitrogens with zero attached hydrogens (tertiary/aromatic N) is 2. The molecule has 2 aromatic heterocycles. The fraction of sp³-hybridized carbons (Fsp3) is 0.381. The van der Waals surface area contributed by atoms with Crippen molar-refractivity contribution in [2.24, 2.45) is 5.92 Å². The number of aromatic nitrogens is 3. The zero-order chi connectivity index (χ0) is 19.1. The van der Waals surface area contributed by atoms with E-state index < -0.39 is 0 Å². The predicted octanol–water partition coefficient (Wildman–Crippen LogP) is 3.68. The summed E-state index contributed by atoms with van der Waals surface area (Å²) < 4.78 is 0. The summed E-state index contributed by atoms with van der Waals surface area (Å²) >= 11 is 0. The zero-order valence-corrected chi connectivity index (χ0v) is 16.2. The minimum Gasteiger partial charge on any atom is -0.366 e. The molecule has 1 atom stereocenters. The molecule has 27 heavy (non-hydrogen) atoms. The lowest BCUT2D eigenvalue weighted by molar-refractivity contribution is 0.0946. The Bertz CT molecular complexity index is 1020. The maximum Gasteiger partial charge on any atom is 0.253 e. The van der Waals surface area contributed by atoms with Gasteiger partial charge >= 0.3 is 0 Å². The number of carbonyl (C=O) groups excluding carboxylic acids is 1. The first-order valence-electron chi connectivity index (χ1n) is 9.48. The van der Waals surface area contributed by atoms with E-state index in [1.807, 2.05) is 31.2 Å². The highest BCUT2D eigenvalue weighted by molar-refractivity contribution is 5.99. The molecule has 0 aliphatic carbocycles. The number of hydrogen-bond acceptors (Lipinski definition) is 4. The molecule has 140 valence electrons. The number of aryl methyl sites for hydroxylation is 1. The molecule has 6 nitrogen and oxygen atoms in total. The van der Waals surface area contributed by atoms with Gasteiger partial charge in [0.2, 0.25) is 0 Å². The van der Waals surface area contributed by atoms with Gasteiger partial charge in [-0.25, -0.2) is 9.97 Å². The monoisotopic (exact) mass is 363 g/mol. The van der Waals surface area contributed by atoms with E-state index in [1.54, 1.807) is 0 Å². The molecule has 1 aromatic carbocycles. The first-order chi connectivity index (χ1) is 12.9. The van der Waals surface area contributed by atoms with E-state index in [0.717, 1.165) is 51.5 Å². The van der Waals surface area contributed by atoms with Gasteiger partial charge in [0.05, 0.1) is 16.8 Å². The van der Waals surface area contributed by atoms with Crippen molar-refractivity contribution < 1.29 is 4.79 Å². The molecule has 3 heterocycles. The van der Waals surface area contributed by atoms with Crippen molar-refractivity contribution in [1.82, 2.24) is 20.3 Å². The Balaban J connectivity index is 1.83. The number of anilines is 1. The molecule has 0 saturated heterocycles. The Labute approximate surface area is 158 Å². The first-order valence-corrected chi connectivity index (χ1v) is 9.48. The van der Waals surface area contributed by atoms with Gasteiger partial charge in [0.15, 0.2) is 0 Å². The van der Waals surface area contributed by atoms with Crippen LogP contribution in [0.4, 0.5) is 5.82 Å². The van der Waals surface area contributed by atoms with Crippen LogP contribution in [-0.2, 0) is 6.42 Å². The number of nitrogens with one attached hydrogen (secondary N) is 3. The molecule has 3 aromatic rings. The van der Waals surface area contributed by atoms with Crippen molar-refractivity contribution in [3.8, 4) is 11.3 Å². The number of fused-ring (bicyclic) bond motifs is 2. The molecule has 3 N–H and O–H groups in total. The molecule has 1 amide bonds. The van der Waals surface area contributed by atoms with Gasteiger partial charge in [-0.15, -0.1) is 0 Å². The summed E-state index contributed by atoms with van der Waals surface area (Å²) in [5.74, 6) is 1.28. The van der Waals surface area contributed by atoms with E-state index in [1.165, 1.54) is 0 Å². The fourth-order valence-electron chi connectivity index (χ4n) is 3.34. The minimum absolute atomic E-state index is 0.0194. The van der Waals surface area contributed by atoms with Crippen LogP contribution in [0.3, 0.4) is 0 Å². The minimum atomic E-state index is -0.0194. The summed E-state index contributed by atoms with van der Waals surface area (Å²) in [7, 11) is 0. The molecular weight excluding hydrogens is 338 g/mol. The highest BCUT2D eigenvalue weighted by atomic mass is 16.1. The van der Waals surface area contributed by atoms with Crippen LogP contribution in [0, 0.1) is 12.8 Å². The molecule has 0 bridgehead atoms. The third-order valence-corrected chi connectivity index (χ3v) is 5.33. The van der Waals surface area contributed by atoms with Gasteiger partial charge in [-0.1, -0.05) is 26.0 Å². The summed E-state index contributed by atoms with van der Waals surface area (Å²) in [5, 5.41) is 6.38. The van der Waals surface area contributed by atoms with E-state index in [-0.39, 0.29) is 5.91 Å². The summed E-state index contributed by atoms with van der Waals surface area (Å²) in [5.41, 5.74) is 6.14. The predicted molar refractivity (Wildman–Crippen MR) is 108 cm³/mol. The quantitative estimate of drug-likeness (QED) is 0.660. The maximum absolute atomic E-state index is 12.1. The average molecular weight is 363 g/mol. The Morgan fingerprint density at radius 3 is 2.70 bits per heavy atom. The summed E-state index contributed by atoms with van der Waals surface area (Å²) in [6, 6.07) is 8.20. The Hall–Kier alpha value is -2.89. The second-order valence-electron chi connectivity index (χ2n) is 7.59. The zero-order valence-electron chi connectivity index (χ0n) is 16.2. The molecule has 4 rings (SSSR count). The van der Waals surface area contributed by atoms with Gasteiger partial charge in [-0.3, -0.25) is 4.79 Å². The number of H-pyrrole nitrogens is 1. The molecule has 0 saturated carbocycles. The van der Waals surface area contributed by atoms with E-state index in [4.69, 9.17) is 9.97 Å². The molecule has 1 unspecified atom stereocenters. The molecule has 0 fully saturated rings. The van der Waals surface area contributed by atoms with Crippen molar-refractivity contribution in [2.75, 3.05) is 11.9 Å². The van der Waals surface area contributed by atoms with Gasteiger partial charge in [-0.05, 0) is 31.9 Å². The van der Waals surface area contributed by atoms with Gasteiger partial charge < -0.3 is 15.6 Å². The first kappa shape index (κ1) is 17.5.